The maximum absolute atomic E-state index is 11.5. The molecule has 16 heavy (non-hydrogen) atoms. The third-order valence-electron chi connectivity index (χ3n) is 2.28. The highest BCUT2D eigenvalue weighted by molar-refractivity contribution is 5.89. The first-order valence-corrected chi connectivity index (χ1v) is 5.66. The first kappa shape index (κ1) is 12.5. The summed E-state index contributed by atoms with van der Waals surface area (Å²) in [4.78, 5) is 11.5. The molecule has 0 unspecified atom stereocenters. The lowest BCUT2D eigenvalue weighted by Gasteiger charge is -1.99. The zero-order valence-corrected chi connectivity index (χ0v) is 9.90. The van der Waals surface area contributed by atoms with Gasteiger partial charge in [-0.1, -0.05) is 31.0 Å². The summed E-state index contributed by atoms with van der Waals surface area (Å²) in [5, 5.41) is 0. The predicted molar refractivity (Wildman–Crippen MR) is 65.3 cm³/mol. The number of ether oxygens (including phenoxy) is 1. The molecule has 0 aliphatic rings. The van der Waals surface area contributed by atoms with Gasteiger partial charge in [0.05, 0.1) is 11.8 Å². The highest BCUT2D eigenvalue weighted by atomic mass is 16.5. The van der Waals surface area contributed by atoms with Crippen LogP contribution in [-0.4, -0.2) is 5.97 Å². The monoisotopic (exact) mass is 218 g/mol. The standard InChI is InChI=1S/C14H18O2/c1-3-4-5-6-11-16-14(15)13-9-7-12(2)8-10-13/h6-11H,3-5H2,1-2H3/b11-6-. The van der Waals surface area contributed by atoms with Crippen LogP contribution < -0.4 is 0 Å². The van der Waals surface area contributed by atoms with Crippen LogP contribution in [0.1, 0.15) is 42.1 Å². The Bertz CT molecular complexity index is 350. The number of benzene rings is 1. The van der Waals surface area contributed by atoms with Gasteiger partial charge in [0.2, 0.25) is 0 Å². The lowest BCUT2D eigenvalue weighted by atomic mass is 10.1. The lowest BCUT2D eigenvalue weighted by molar-refractivity contribution is 0.0662. The number of unbranched alkanes of at least 4 members (excludes halogenated alkanes) is 2. The Morgan fingerprint density at radius 2 is 2.00 bits per heavy atom. The van der Waals surface area contributed by atoms with Crippen molar-refractivity contribution in [2.24, 2.45) is 0 Å². The second-order valence-electron chi connectivity index (χ2n) is 3.79. The summed E-state index contributed by atoms with van der Waals surface area (Å²) in [5.74, 6) is -0.298. The summed E-state index contributed by atoms with van der Waals surface area (Å²) in [5.41, 5.74) is 1.72. The molecule has 0 bridgehead atoms. The van der Waals surface area contributed by atoms with Crippen LogP contribution in [0.4, 0.5) is 0 Å². The van der Waals surface area contributed by atoms with Gasteiger partial charge in [-0.2, -0.15) is 0 Å². The molecule has 0 amide bonds. The first-order chi connectivity index (χ1) is 7.74. The van der Waals surface area contributed by atoms with Crippen LogP contribution in [0.5, 0.6) is 0 Å². The van der Waals surface area contributed by atoms with Crippen LogP contribution in [0.25, 0.3) is 0 Å². The summed E-state index contributed by atoms with van der Waals surface area (Å²) in [7, 11) is 0. The fourth-order valence-corrected chi connectivity index (χ4v) is 1.26. The minimum Gasteiger partial charge on any atom is -0.431 e. The maximum atomic E-state index is 11.5. The fourth-order valence-electron chi connectivity index (χ4n) is 1.26. The van der Waals surface area contributed by atoms with E-state index in [1.165, 1.54) is 6.26 Å². The third kappa shape index (κ3) is 4.30. The van der Waals surface area contributed by atoms with E-state index in [4.69, 9.17) is 4.74 Å². The van der Waals surface area contributed by atoms with E-state index >= 15 is 0 Å². The molecule has 2 heteroatoms. The van der Waals surface area contributed by atoms with Crippen molar-refractivity contribution in [3.63, 3.8) is 0 Å². The molecular formula is C14H18O2. The van der Waals surface area contributed by atoms with Crippen molar-refractivity contribution in [2.45, 2.75) is 33.1 Å². The van der Waals surface area contributed by atoms with Crippen LogP contribution >= 0.6 is 0 Å². The number of aryl methyl sites for hydroxylation is 1. The number of carbonyl (C=O) groups excluding carboxylic acids is 1. The molecule has 0 saturated heterocycles. The van der Waals surface area contributed by atoms with Crippen molar-refractivity contribution in [1.82, 2.24) is 0 Å². The van der Waals surface area contributed by atoms with E-state index in [9.17, 15) is 4.79 Å². The fraction of sp³-hybridized carbons (Fsp3) is 0.357. The molecule has 1 rings (SSSR count). The average Bonchev–Trinajstić information content (AvgIpc) is 2.29. The molecule has 0 fully saturated rings. The van der Waals surface area contributed by atoms with Crippen LogP contribution in [0, 0.1) is 6.92 Å². The van der Waals surface area contributed by atoms with Gasteiger partial charge in [-0.05, 0) is 38.0 Å². The van der Waals surface area contributed by atoms with Crippen LogP contribution in [0.15, 0.2) is 36.6 Å². The van der Waals surface area contributed by atoms with E-state index in [0.717, 1.165) is 24.8 Å². The van der Waals surface area contributed by atoms with Gasteiger partial charge in [0.25, 0.3) is 0 Å². The number of allylic oxidation sites excluding steroid dienone is 1. The van der Waals surface area contributed by atoms with Gasteiger partial charge in [-0.3, -0.25) is 0 Å². The molecule has 1 aromatic carbocycles. The summed E-state index contributed by atoms with van der Waals surface area (Å²) >= 11 is 0. The summed E-state index contributed by atoms with van der Waals surface area (Å²) in [6.07, 6.45) is 6.60. The molecule has 1 aromatic rings. The van der Waals surface area contributed by atoms with Gasteiger partial charge in [-0.25, -0.2) is 4.79 Å². The van der Waals surface area contributed by atoms with Crippen molar-refractivity contribution in [1.29, 1.82) is 0 Å². The zero-order valence-electron chi connectivity index (χ0n) is 9.90. The van der Waals surface area contributed by atoms with Gasteiger partial charge < -0.3 is 4.74 Å². The Labute approximate surface area is 96.9 Å². The average molecular weight is 218 g/mol. The number of hydrogen-bond acceptors (Lipinski definition) is 2. The Balaban J connectivity index is 2.40. The van der Waals surface area contributed by atoms with E-state index in [0.29, 0.717) is 5.56 Å². The van der Waals surface area contributed by atoms with Gasteiger partial charge in [0.15, 0.2) is 0 Å². The molecule has 0 aliphatic carbocycles. The molecule has 0 N–H and O–H groups in total. The van der Waals surface area contributed by atoms with E-state index in [-0.39, 0.29) is 5.97 Å². The summed E-state index contributed by atoms with van der Waals surface area (Å²) < 4.78 is 5.00. The molecular weight excluding hydrogens is 200 g/mol. The van der Waals surface area contributed by atoms with Crippen molar-refractivity contribution in [2.75, 3.05) is 0 Å². The van der Waals surface area contributed by atoms with E-state index in [2.05, 4.69) is 6.92 Å². The second kappa shape index (κ2) is 6.83. The number of hydrogen-bond donors (Lipinski definition) is 0. The maximum Gasteiger partial charge on any atom is 0.342 e. The quantitative estimate of drug-likeness (QED) is 0.426. The molecule has 0 aliphatic heterocycles. The van der Waals surface area contributed by atoms with Crippen molar-refractivity contribution in [3.05, 3.63) is 47.7 Å². The zero-order chi connectivity index (χ0) is 11.8. The minimum atomic E-state index is -0.298. The minimum absolute atomic E-state index is 0.298. The summed E-state index contributed by atoms with van der Waals surface area (Å²) in [6, 6.07) is 7.35. The Morgan fingerprint density at radius 3 is 2.62 bits per heavy atom. The molecule has 0 heterocycles. The molecule has 2 nitrogen and oxygen atoms in total. The normalized spacial score (nSPS) is 10.6. The van der Waals surface area contributed by atoms with Gasteiger partial charge >= 0.3 is 5.97 Å². The predicted octanol–water partition coefficient (Wildman–Crippen LogP) is 3.86. The Morgan fingerprint density at radius 1 is 1.31 bits per heavy atom. The highest BCUT2D eigenvalue weighted by Gasteiger charge is 2.03. The van der Waals surface area contributed by atoms with Gasteiger partial charge in [0, 0.05) is 0 Å². The van der Waals surface area contributed by atoms with E-state index in [1.807, 2.05) is 25.1 Å². The molecule has 0 aromatic heterocycles. The van der Waals surface area contributed by atoms with Crippen molar-refractivity contribution < 1.29 is 9.53 Å². The third-order valence-corrected chi connectivity index (χ3v) is 2.28. The molecule has 0 radical (unpaired) electrons. The first-order valence-electron chi connectivity index (χ1n) is 5.66. The van der Waals surface area contributed by atoms with Crippen LogP contribution in [0.2, 0.25) is 0 Å². The van der Waals surface area contributed by atoms with E-state index < -0.39 is 0 Å². The second-order valence-corrected chi connectivity index (χ2v) is 3.79. The molecule has 86 valence electrons. The Kier molecular flexibility index (Phi) is 5.34. The number of rotatable bonds is 5. The van der Waals surface area contributed by atoms with Gasteiger partial charge in [-0.15, -0.1) is 0 Å². The number of carbonyl (C=O) groups is 1. The molecule has 0 spiro atoms. The Hall–Kier alpha value is -1.57. The van der Waals surface area contributed by atoms with Crippen LogP contribution in [-0.2, 0) is 4.74 Å². The largest absolute Gasteiger partial charge is 0.431 e. The molecule has 0 saturated carbocycles. The topological polar surface area (TPSA) is 26.3 Å². The lowest BCUT2D eigenvalue weighted by Crippen LogP contribution is -1.99. The summed E-state index contributed by atoms with van der Waals surface area (Å²) in [6.45, 7) is 4.12. The van der Waals surface area contributed by atoms with Crippen molar-refractivity contribution >= 4 is 5.97 Å². The van der Waals surface area contributed by atoms with Crippen molar-refractivity contribution in [3.8, 4) is 0 Å². The highest BCUT2D eigenvalue weighted by Crippen LogP contribution is 2.05. The van der Waals surface area contributed by atoms with E-state index in [1.54, 1.807) is 12.1 Å². The van der Waals surface area contributed by atoms with Gasteiger partial charge in [0.1, 0.15) is 0 Å². The molecule has 0 atom stereocenters. The number of esters is 1. The van der Waals surface area contributed by atoms with Crippen LogP contribution in [0.3, 0.4) is 0 Å². The SMILES string of the molecule is CCCC/C=C\OC(=O)c1ccc(C)cc1. The smallest absolute Gasteiger partial charge is 0.342 e.